The summed E-state index contributed by atoms with van der Waals surface area (Å²) >= 11 is 0. The number of rotatable bonds is 8. The minimum absolute atomic E-state index is 0.277. The van der Waals surface area contributed by atoms with Gasteiger partial charge in [-0.25, -0.2) is 4.79 Å². The molecule has 7 nitrogen and oxygen atoms in total. The SMILES string of the molecule is COCCOc1cc(C)ccc1NC(=O)c1ccc(NC(=O)Nc2ccccc2)cc1. The van der Waals surface area contributed by atoms with Gasteiger partial charge in [-0.15, -0.1) is 0 Å². The first-order chi connectivity index (χ1) is 15.0. The maximum Gasteiger partial charge on any atom is 0.323 e. The number of para-hydroxylation sites is 1. The van der Waals surface area contributed by atoms with Gasteiger partial charge in [0.1, 0.15) is 12.4 Å². The van der Waals surface area contributed by atoms with Crippen LogP contribution < -0.4 is 20.7 Å². The molecule has 3 rings (SSSR count). The van der Waals surface area contributed by atoms with Crippen molar-refractivity contribution in [2.24, 2.45) is 0 Å². The Kier molecular flexibility index (Phi) is 7.61. The lowest BCUT2D eigenvalue weighted by atomic mass is 10.1. The van der Waals surface area contributed by atoms with Crippen molar-refractivity contribution in [3.8, 4) is 5.75 Å². The van der Waals surface area contributed by atoms with E-state index in [1.807, 2.05) is 37.3 Å². The normalized spacial score (nSPS) is 10.3. The molecule has 3 amide bonds. The second-order valence-electron chi connectivity index (χ2n) is 6.82. The molecule has 0 atom stereocenters. The number of carbonyl (C=O) groups excluding carboxylic acids is 2. The van der Waals surface area contributed by atoms with Crippen LogP contribution in [0.2, 0.25) is 0 Å². The van der Waals surface area contributed by atoms with E-state index in [4.69, 9.17) is 9.47 Å². The summed E-state index contributed by atoms with van der Waals surface area (Å²) in [5, 5.41) is 8.35. The molecule has 0 aliphatic rings. The molecule has 3 aromatic carbocycles. The standard InChI is InChI=1S/C24H25N3O4/c1-17-8-13-21(22(16-17)31-15-14-30-2)27-23(28)18-9-11-20(12-10-18)26-24(29)25-19-6-4-3-5-7-19/h3-13,16H,14-15H2,1-2H3,(H,27,28)(H2,25,26,29). The van der Waals surface area contributed by atoms with E-state index in [9.17, 15) is 9.59 Å². The summed E-state index contributed by atoms with van der Waals surface area (Å²) in [6.45, 7) is 2.79. The van der Waals surface area contributed by atoms with Crippen molar-refractivity contribution in [3.63, 3.8) is 0 Å². The van der Waals surface area contributed by atoms with Gasteiger partial charge in [-0.3, -0.25) is 4.79 Å². The van der Waals surface area contributed by atoms with Gasteiger partial charge in [0.2, 0.25) is 0 Å². The molecule has 0 spiro atoms. The van der Waals surface area contributed by atoms with Crippen molar-refractivity contribution in [2.75, 3.05) is 36.3 Å². The van der Waals surface area contributed by atoms with Crippen LogP contribution in [0.15, 0.2) is 72.8 Å². The molecular weight excluding hydrogens is 394 g/mol. The minimum atomic E-state index is -0.360. The smallest absolute Gasteiger partial charge is 0.323 e. The van der Waals surface area contributed by atoms with Gasteiger partial charge in [0.25, 0.3) is 5.91 Å². The van der Waals surface area contributed by atoms with Crippen LogP contribution in [0.1, 0.15) is 15.9 Å². The molecule has 7 heteroatoms. The summed E-state index contributed by atoms with van der Waals surface area (Å²) in [7, 11) is 1.60. The lowest BCUT2D eigenvalue weighted by Gasteiger charge is -2.13. The molecule has 0 saturated carbocycles. The zero-order valence-corrected chi connectivity index (χ0v) is 17.5. The first-order valence-electron chi connectivity index (χ1n) is 9.82. The largest absolute Gasteiger partial charge is 0.489 e. The molecule has 0 aliphatic heterocycles. The topological polar surface area (TPSA) is 88.7 Å². The Bertz CT molecular complexity index is 1020. The summed E-state index contributed by atoms with van der Waals surface area (Å²) in [4.78, 5) is 24.8. The Labute approximate surface area is 181 Å². The Morgan fingerprint density at radius 3 is 2.16 bits per heavy atom. The van der Waals surface area contributed by atoms with Crippen molar-refractivity contribution < 1.29 is 19.1 Å². The number of hydrogen-bond donors (Lipinski definition) is 3. The Morgan fingerprint density at radius 1 is 0.806 bits per heavy atom. The summed E-state index contributed by atoms with van der Waals surface area (Å²) in [5.41, 5.74) is 3.32. The van der Waals surface area contributed by atoms with Gasteiger partial charge >= 0.3 is 6.03 Å². The Hall–Kier alpha value is -3.84. The molecule has 3 N–H and O–H groups in total. The monoisotopic (exact) mass is 419 g/mol. The van der Waals surface area contributed by atoms with Crippen molar-refractivity contribution in [1.29, 1.82) is 0 Å². The van der Waals surface area contributed by atoms with E-state index in [1.54, 1.807) is 49.6 Å². The van der Waals surface area contributed by atoms with Gasteiger partial charge in [-0.1, -0.05) is 24.3 Å². The molecule has 0 aliphatic carbocycles. The highest BCUT2D eigenvalue weighted by atomic mass is 16.5. The second-order valence-corrected chi connectivity index (χ2v) is 6.82. The number of hydrogen-bond acceptors (Lipinski definition) is 4. The average molecular weight is 419 g/mol. The van der Waals surface area contributed by atoms with Crippen LogP contribution >= 0.6 is 0 Å². The number of benzene rings is 3. The molecule has 0 bridgehead atoms. The fourth-order valence-electron chi connectivity index (χ4n) is 2.80. The molecular formula is C24H25N3O4. The fraction of sp³-hybridized carbons (Fsp3) is 0.167. The molecule has 0 aromatic heterocycles. The number of urea groups is 1. The van der Waals surface area contributed by atoms with Gasteiger partial charge in [-0.2, -0.15) is 0 Å². The lowest BCUT2D eigenvalue weighted by Crippen LogP contribution is -2.19. The van der Waals surface area contributed by atoms with E-state index in [2.05, 4.69) is 16.0 Å². The number of carbonyl (C=O) groups is 2. The lowest BCUT2D eigenvalue weighted by molar-refractivity contribution is 0.102. The third-order valence-electron chi connectivity index (χ3n) is 4.37. The number of amides is 3. The second kappa shape index (κ2) is 10.8. The Balaban J connectivity index is 1.61. The predicted molar refractivity (Wildman–Crippen MR) is 122 cm³/mol. The highest BCUT2D eigenvalue weighted by Gasteiger charge is 2.11. The zero-order chi connectivity index (χ0) is 22.1. The van der Waals surface area contributed by atoms with Crippen LogP contribution in [0, 0.1) is 6.92 Å². The number of aryl methyl sites for hydroxylation is 1. The van der Waals surface area contributed by atoms with E-state index in [0.29, 0.717) is 41.6 Å². The van der Waals surface area contributed by atoms with Crippen LogP contribution in [-0.2, 0) is 4.74 Å². The quantitative estimate of drug-likeness (QED) is 0.452. The first kappa shape index (κ1) is 21.9. The highest BCUT2D eigenvalue weighted by Crippen LogP contribution is 2.26. The minimum Gasteiger partial charge on any atom is -0.489 e. The van der Waals surface area contributed by atoms with Crippen LogP contribution in [0.3, 0.4) is 0 Å². The molecule has 0 fully saturated rings. The van der Waals surface area contributed by atoms with Crippen LogP contribution in [0.5, 0.6) is 5.75 Å². The van der Waals surface area contributed by atoms with E-state index in [0.717, 1.165) is 5.56 Å². The van der Waals surface area contributed by atoms with Crippen LogP contribution in [0.4, 0.5) is 21.9 Å². The van der Waals surface area contributed by atoms with Crippen molar-refractivity contribution >= 4 is 29.0 Å². The fourth-order valence-corrected chi connectivity index (χ4v) is 2.80. The first-order valence-corrected chi connectivity index (χ1v) is 9.82. The van der Waals surface area contributed by atoms with Gasteiger partial charge in [0, 0.05) is 24.0 Å². The molecule has 0 radical (unpaired) electrons. The van der Waals surface area contributed by atoms with Crippen molar-refractivity contribution in [1.82, 2.24) is 0 Å². The summed E-state index contributed by atoms with van der Waals surface area (Å²) in [5.74, 6) is 0.307. The van der Waals surface area contributed by atoms with Gasteiger partial charge in [0.15, 0.2) is 0 Å². The number of ether oxygens (including phenoxy) is 2. The number of anilines is 3. The molecule has 0 heterocycles. The average Bonchev–Trinajstić information content (AvgIpc) is 2.77. The van der Waals surface area contributed by atoms with Crippen molar-refractivity contribution in [2.45, 2.75) is 6.92 Å². The maximum absolute atomic E-state index is 12.7. The maximum atomic E-state index is 12.7. The third-order valence-corrected chi connectivity index (χ3v) is 4.37. The van der Waals surface area contributed by atoms with E-state index in [1.165, 1.54) is 0 Å². The van der Waals surface area contributed by atoms with E-state index in [-0.39, 0.29) is 11.9 Å². The molecule has 3 aromatic rings. The highest BCUT2D eigenvalue weighted by molar-refractivity contribution is 6.05. The van der Waals surface area contributed by atoms with E-state index < -0.39 is 0 Å². The molecule has 160 valence electrons. The predicted octanol–water partition coefficient (Wildman–Crippen LogP) is 4.92. The molecule has 0 saturated heterocycles. The van der Waals surface area contributed by atoms with Gasteiger partial charge in [-0.05, 0) is 61.0 Å². The third kappa shape index (κ3) is 6.58. The Morgan fingerprint density at radius 2 is 1.48 bits per heavy atom. The van der Waals surface area contributed by atoms with Gasteiger partial charge in [0.05, 0.1) is 12.3 Å². The van der Waals surface area contributed by atoms with E-state index >= 15 is 0 Å². The molecule has 0 unspecified atom stereocenters. The zero-order valence-electron chi connectivity index (χ0n) is 17.5. The van der Waals surface area contributed by atoms with Crippen LogP contribution in [0.25, 0.3) is 0 Å². The number of methoxy groups -OCH3 is 1. The summed E-state index contributed by atoms with van der Waals surface area (Å²) < 4.78 is 10.7. The van der Waals surface area contributed by atoms with Crippen molar-refractivity contribution in [3.05, 3.63) is 83.9 Å². The van der Waals surface area contributed by atoms with Crippen LogP contribution in [-0.4, -0.2) is 32.3 Å². The molecule has 31 heavy (non-hydrogen) atoms. The number of nitrogens with one attached hydrogen (secondary N) is 3. The summed E-state index contributed by atoms with van der Waals surface area (Å²) in [6.07, 6.45) is 0. The van der Waals surface area contributed by atoms with Gasteiger partial charge < -0.3 is 25.4 Å². The summed E-state index contributed by atoms with van der Waals surface area (Å²) in [6, 6.07) is 21.0.